The maximum absolute atomic E-state index is 12.9. The average Bonchev–Trinajstić information content (AvgIpc) is 2.86. The molecule has 0 aliphatic carbocycles. The van der Waals surface area contributed by atoms with Gasteiger partial charge in [-0.1, -0.05) is 12.1 Å². The van der Waals surface area contributed by atoms with E-state index in [9.17, 15) is 4.39 Å². The Bertz CT molecular complexity index is 580. The van der Waals surface area contributed by atoms with Crippen molar-refractivity contribution in [1.82, 2.24) is 20.4 Å². The molecule has 112 valence electrons. The Morgan fingerprint density at radius 2 is 2.10 bits per heavy atom. The number of hydrogen-bond acceptors (Lipinski definition) is 5. The SMILES string of the molecule is CCCN(Cc1noc(-c2ccc(F)cc2)n1)C1CNC1. The molecule has 1 saturated heterocycles. The van der Waals surface area contributed by atoms with Crippen LogP contribution in [0.1, 0.15) is 19.2 Å². The van der Waals surface area contributed by atoms with Gasteiger partial charge in [-0.25, -0.2) is 4.39 Å². The van der Waals surface area contributed by atoms with Crippen LogP contribution in [-0.4, -0.2) is 40.7 Å². The minimum Gasteiger partial charge on any atom is -0.334 e. The van der Waals surface area contributed by atoms with E-state index >= 15 is 0 Å². The highest BCUT2D eigenvalue weighted by molar-refractivity contribution is 5.52. The van der Waals surface area contributed by atoms with E-state index in [-0.39, 0.29) is 5.82 Å². The fourth-order valence-electron chi connectivity index (χ4n) is 2.42. The topological polar surface area (TPSA) is 54.2 Å². The Morgan fingerprint density at radius 1 is 1.33 bits per heavy atom. The Balaban J connectivity index is 1.70. The molecule has 0 saturated carbocycles. The van der Waals surface area contributed by atoms with Gasteiger partial charge >= 0.3 is 0 Å². The lowest BCUT2D eigenvalue weighted by Gasteiger charge is -2.37. The average molecular weight is 290 g/mol. The molecule has 1 N–H and O–H groups in total. The molecule has 1 aliphatic heterocycles. The van der Waals surface area contributed by atoms with Gasteiger partial charge in [-0.3, -0.25) is 4.90 Å². The first-order valence-electron chi connectivity index (χ1n) is 7.29. The zero-order chi connectivity index (χ0) is 14.7. The molecule has 0 atom stereocenters. The van der Waals surface area contributed by atoms with Crippen molar-refractivity contribution in [3.8, 4) is 11.5 Å². The lowest BCUT2D eigenvalue weighted by Crippen LogP contribution is -2.57. The van der Waals surface area contributed by atoms with Crippen molar-refractivity contribution in [2.24, 2.45) is 0 Å². The van der Waals surface area contributed by atoms with Crippen molar-refractivity contribution in [2.45, 2.75) is 25.9 Å². The zero-order valence-corrected chi connectivity index (χ0v) is 12.1. The van der Waals surface area contributed by atoms with Crippen molar-refractivity contribution in [3.63, 3.8) is 0 Å². The molecule has 0 bridgehead atoms. The summed E-state index contributed by atoms with van der Waals surface area (Å²) >= 11 is 0. The Hall–Kier alpha value is -1.79. The summed E-state index contributed by atoms with van der Waals surface area (Å²) in [6, 6.07) is 6.63. The number of halogens is 1. The van der Waals surface area contributed by atoms with E-state index in [0.717, 1.165) is 31.6 Å². The molecular weight excluding hydrogens is 271 g/mol. The van der Waals surface area contributed by atoms with Crippen molar-refractivity contribution < 1.29 is 8.91 Å². The smallest absolute Gasteiger partial charge is 0.257 e. The predicted octanol–water partition coefficient (Wildman–Crippen LogP) is 2.06. The molecule has 2 aromatic rings. The molecule has 5 nitrogen and oxygen atoms in total. The number of hydrogen-bond donors (Lipinski definition) is 1. The molecule has 0 unspecified atom stereocenters. The van der Waals surface area contributed by atoms with E-state index in [4.69, 9.17) is 4.52 Å². The minimum absolute atomic E-state index is 0.273. The van der Waals surface area contributed by atoms with Crippen LogP contribution in [0, 0.1) is 5.82 Å². The van der Waals surface area contributed by atoms with Gasteiger partial charge in [-0.05, 0) is 37.2 Å². The molecule has 3 rings (SSSR count). The third kappa shape index (κ3) is 3.28. The van der Waals surface area contributed by atoms with E-state index in [0.29, 0.717) is 24.3 Å². The normalized spacial score (nSPS) is 15.4. The highest BCUT2D eigenvalue weighted by Gasteiger charge is 2.25. The third-order valence-corrected chi connectivity index (χ3v) is 3.69. The molecule has 0 radical (unpaired) electrons. The number of aromatic nitrogens is 2. The van der Waals surface area contributed by atoms with E-state index in [2.05, 4.69) is 27.3 Å². The summed E-state index contributed by atoms with van der Waals surface area (Å²) in [5.74, 6) is 0.841. The van der Waals surface area contributed by atoms with Gasteiger partial charge in [0, 0.05) is 24.7 Å². The molecule has 1 aliphatic rings. The van der Waals surface area contributed by atoms with Crippen LogP contribution in [0.5, 0.6) is 0 Å². The summed E-state index contributed by atoms with van der Waals surface area (Å²) in [5, 5.41) is 7.32. The van der Waals surface area contributed by atoms with Crippen molar-refractivity contribution in [3.05, 3.63) is 35.9 Å². The summed E-state index contributed by atoms with van der Waals surface area (Å²) in [7, 11) is 0. The number of benzene rings is 1. The second kappa shape index (κ2) is 6.32. The van der Waals surface area contributed by atoms with Crippen LogP contribution in [0.15, 0.2) is 28.8 Å². The number of nitrogens with zero attached hydrogens (tertiary/aromatic N) is 3. The predicted molar refractivity (Wildman–Crippen MR) is 77.1 cm³/mol. The first-order chi connectivity index (χ1) is 10.3. The first kappa shape index (κ1) is 14.2. The largest absolute Gasteiger partial charge is 0.334 e. The van der Waals surface area contributed by atoms with Gasteiger partial charge in [0.15, 0.2) is 5.82 Å². The van der Waals surface area contributed by atoms with Gasteiger partial charge < -0.3 is 9.84 Å². The monoisotopic (exact) mass is 290 g/mol. The van der Waals surface area contributed by atoms with Crippen LogP contribution in [0.2, 0.25) is 0 Å². The Morgan fingerprint density at radius 3 is 2.71 bits per heavy atom. The molecule has 6 heteroatoms. The molecule has 2 heterocycles. The molecule has 1 fully saturated rings. The van der Waals surface area contributed by atoms with Gasteiger partial charge in [-0.2, -0.15) is 4.98 Å². The lowest BCUT2D eigenvalue weighted by atomic mass is 10.1. The van der Waals surface area contributed by atoms with Gasteiger partial charge in [0.05, 0.1) is 6.54 Å². The van der Waals surface area contributed by atoms with Crippen LogP contribution < -0.4 is 5.32 Å². The molecular formula is C15H19FN4O. The minimum atomic E-state index is -0.273. The first-order valence-corrected chi connectivity index (χ1v) is 7.29. The van der Waals surface area contributed by atoms with Crippen LogP contribution in [0.4, 0.5) is 4.39 Å². The van der Waals surface area contributed by atoms with Gasteiger partial charge in [0.25, 0.3) is 5.89 Å². The zero-order valence-electron chi connectivity index (χ0n) is 12.1. The van der Waals surface area contributed by atoms with Gasteiger partial charge in [-0.15, -0.1) is 0 Å². The van der Waals surface area contributed by atoms with Gasteiger partial charge in [0.1, 0.15) is 5.82 Å². The van der Waals surface area contributed by atoms with Crippen LogP contribution in [0.3, 0.4) is 0 Å². The van der Waals surface area contributed by atoms with Gasteiger partial charge in [0.2, 0.25) is 0 Å². The second-order valence-electron chi connectivity index (χ2n) is 5.31. The Labute approximate surface area is 123 Å². The highest BCUT2D eigenvalue weighted by atomic mass is 19.1. The summed E-state index contributed by atoms with van der Waals surface area (Å²) in [5.41, 5.74) is 0.738. The summed E-state index contributed by atoms with van der Waals surface area (Å²) in [6.07, 6.45) is 1.10. The lowest BCUT2D eigenvalue weighted by molar-refractivity contribution is 0.133. The molecule has 1 aromatic carbocycles. The quantitative estimate of drug-likeness (QED) is 0.882. The fourth-order valence-corrected chi connectivity index (χ4v) is 2.42. The molecule has 0 spiro atoms. The van der Waals surface area contributed by atoms with E-state index in [1.54, 1.807) is 12.1 Å². The second-order valence-corrected chi connectivity index (χ2v) is 5.31. The fraction of sp³-hybridized carbons (Fsp3) is 0.467. The summed E-state index contributed by atoms with van der Waals surface area (Å²) < 4.78 is 18.2. The number of nitrogens with one attached hydrogen (secondary N) is 1. The maximum Gasteiger partial charge on any atom is 0.257 e. The van der Waals surface area contributed by atoms with Crippen LogP contribution >= 0.6 is 0 Å². The summed E-state index contributed by atoms with van der Waals surface area (Å²) in [4.78, 5) is 6.78. The van der Waals surface area contributed by atoms with Crippen molar-refractivity contribution in [1.29, 1.82) is 0 Å². The third-order valence-electron chi connectivity index (χ3n) is 3.69. The van der Waals surface area contributed by atoms with Crippen LogP contribution in [0.25, 0.3) is 11.5 Å². The van der Waals surface area contributed by atoms with Crippen LogP contribution in [-0.2, 0) is 6.54 Å². The molecule has 21 heavy (non-hydrogen) atoms. The Kier molecular flexibility index (Phi) is 4.26. The van der Waals surface area contributed by atoms with Crippen molar-refractivity contribution in [2.75, 3.05) is 19.6 Å². The van der Waals surface area contributed by atoms with E-state index in [1.165, 1.54) is 12.1 Å². The number of rotatable bonds is 6. The standard InChI is InChI=1S/C15H19FN4O/c1-2-7-20(13-8-17-9-13)10-14-18-15(21-19-14)11-3-5-12(16)6-4-11/h3-6,13,17H,2,7-10H2,1H3. The maximum atomic E-state index is 12.9. The van der Waals surface area contributed by atoms with Crippen molar-refractivity contribution >= 4 is 0 Å². The van der Waals surface area contributed by atoms with E-state index in [1.807, 2.05) is 0 Å². The molecule has 1 aromatic heterocycles. The molecule has 0 amide bonds. The van der Waals surface area contributed by atoms with E-state index < -0.39 is 0 Å². The highest BCUT2D eigenvalue weighted by Crippen LogP contribution is 2.18. The summed E-state index contributed by atoms with van der Waals surface area (Å²) in [6.45, 7) is 5.91.